The predicted molar refractivity (Wildman–Crippen MR) is 76.2 cm³/mol. The third-order valence-electron chi connectivity index (χ3n) is 3.59. The quantitative estimate of drug-likeness (QED) is 0.750. The summed E-state index contributed by atoms with van der Waals surface area (Å²) in [7, 11) is 1.96. The molecule has 3 aromatic heterocycles. The van der Waals surface area contributed by atoms with E-state index in [0.29, 0.717) is 16.7 Å². The van der Waals surface area contributed by atoms with Gasteiger partial charge in [-0.2, -0.15) is 14.6 Å². The number of aromatic nitrogens is 5. The molecule has 1 saturated heterocycles. The zero-order valence-electron chi connectivity index (χ0n) is 10.8. The van der Waals surface area contributed by atoms with E-state index in [1.54, 1.807) is 10.7 Å². The summed E-state index contributed by atoms with van der Waals surface area (Å²) in [6.07, 6.45) is 3.12. The van der Waals surface area contributed by atoms with Gasteiger partial charge in [-0.05, 0) is 13.1 Å². The summed E-state index contributed by atoms with van der Waals surface area (Å²) >= 11 is 6.00. The molecule has 3 aromatic rings. The average molecular weight is 290 g/mol. The minimum atomic E-state index is 0.490. The van der Waals surface area contributed by atoms with Gasteiger partial charge in [-0.15, -0.1) is 0 Å². The number of likely N-dealkylation sites (N-methyl/N-ethyl adjacent to an activating group) is 1. The molecule has 0 atom stereocenters. The Bertz CT molecular complexity index is 793. The van der Waals surface area contributed by atoms with Gasteiger partial charge in [0.05, 0.1) is 10.4 Å². The van der Waals surface area contributed by atoms with Gasteiger partial charge in [-0.25, -0.2) is 9.97 Å². The van der Waals surface area contributed by atoms with Crippen molar-refractivity contribution in [1.29, 1.82) is 0 Å². The Balaban J connectivity index is 1.91. The molecule has 1 aliphatic rings. The van der Waals surface area contributed by atoms with Crippen molar-refractivity contribution >= 4 is 34.2 Å². The Hall–Kier alpha value is -1.99. The van der Waals surface area contributed by atoms with Crippen molar-refractivity contribution in [2.75, 3.05) is 25.0 Å². The van der Waals surface area contributed by atoms with Crippen LogP contribution in [0.5, 0.6) is 0 Å². The highest BCUT2D eigenvalue weighted by Gasteiger charge is 2.29. The van der Waals surface area contributed by atoms with Gasteiger partial charge >= 0.3 is 0 Å². The van der Waals surface area contributed by atoms with Crippen LogP contribution in [-0.2, 0) is 0 Å². The smallest absolute Gasteiger partial charge is 0.230 e. The van der Waals surface area contributed by atoms with Crippen LogP contribution in [0.25, 0.3) is 16.7 Å². The second-order valence-electron chi connectivity index (χ2n) is 4.82. The number of nitrogens with one attached hydrogen (secondary N) is 1. The van der Waals surface area contributed by atoms with Crippen LogP contribution in [-0.4, -0.2) is 50.7 Å². The summed E-state index contributed by atoms with van der Waals surface area (Å²) in [5, 5.41) is 8.88. The van der Waals surface area contributed by atoms with Crippen LogP contribution in [0.2, 0.25) is 5.02 Å². The number of fused-ring (bicyclic) bond motifs is 3. The van der Waals surface area contributed by atoms with Crippen LogP contribution in [0.4, 0.5) is 5.95 Å². The van der Waals surface area contributed by atoms with Crippen LogP contribution in [0.15, 0.2) is 18.6 Å². The normalized spacial score (nSPS) is 16.0. The molecule has 4 rings (SSSR count). The molecule has 0 aromatic carbocycles. The molecule has 20 heavy (non-hydrogen) atoms. The van der Waals surface area contributed by atoms with Crippen molar-refractivity contribution in [3.05, 3.63) is 23.6 Å². The average Bonchev–Trinajstić information content (AvgIpc) is 2.87. The lowest BCUT2D eigenvalue weighted by Gasteiger charge is -2.39. The van der Waals surface area contributed by atoms with E-state index in [-0.39, 0.29) is 0 Å². The van der Waals surface area contributed by atoms with Gasteiger partial charge in [0.1, 0.15) is 6.33 Å². The molecule has 1 aliphatic heterocycles. The van der Waals surface area contributed by atoms with Gasteiger partial charge in [0, 0.05) is 25.3 Å². The first kappa shape index (κ1) is 11.8. The maximum absolute atomic E-state index is 6.00. The van der Waals surface area contributed by atoms with Gasteiger partial charge in [-0.3, -0.25) is 0 Å². The van der Waals surface area contributed by atoms with Crippen LogP contribution in [0, 0.1) is 0 Å². The van der Waals surface area contributed by atoms with Crippen molar-refractivity contribution in [1.82, 2.24) is 29.9 Å². The zero-order valence-corrected chi connectivity index (χ0v) is 11.5. The fourth-order valence-corrected chi connectivity index (χ4v) is 2.59. The SMILES string of the molecule is CNC1CN(c2nc3ncc(Cl)cc3c3ncnn23)C1. The molecule has 0 amide bonds. The predicted octanol–water partition coefficient (Wildman–Crippen LogP) is 0.734. The Kier molecular flexibility index (Phi) is 2.51. The Labute approximate surface area is 119 Å². The first-order valence-electron chi connectivity index (χ1n) is 6.33. The van der Waals surface area contributed by atoms with Crippen molar-refractivity contribution in [2.24, 2.45) is 0 Å². The van der Waals surface area contributed by atoms with E-state index in [9.17, 15) is 0 Å². The van der Waals surface area contributed by atoms with E-state index >= 15 is 0 Å². The van der Waals surface area contributed by atoms with Gasteiger partial charge in [-0.1, -0.05) is 11.6 Å². The molecule has 1 N–H and O–H groups in total. The largest absolute Gasteiger partial charge is 0.337 e. The van der Waals surface area contributed by atoms with Crippen LogP contribution < -0.4 is 10.2 Å². The van der Waals surface area contributed by atoms with E-state index in [1.165, 1.54) is 6.33 Å². The maximum Gasteiger partial charge on any atom is 0.230 e. The molecule has 102 valence electrons. The summed E-state index contributed by atoms with van der Waals surface area (Å²) in [5.74, 6) is 0.770. The van der Waals surface area contributed by atoms with Crippen molar-refractivity contribution in [2.45, 2.75) is 6.04 Å². The van der Waals surface area contributed by atoms with Crippen LogP contribution in [0.3, 0.4) is 0 Å². The molecule has 4 heterocycles. The second-order valence-corrected chi connectivity index (χ2v) is 5.26. The molecule has 0 unspecified atom stereocenters. The molecule has 0 spiro atoms. The van der Waals surface area contributed by atoms with Gasteiger partial charge in [0.2, 0.25) is 5.95 Å². The third kappa shape index (κ3) is 1.63. The summed E-state index contributed by atoms with van der Waals surface area (Å²) in [5.41, 5.74) is 1.37. The molecular formula is C12H12ClN7. The highest BCUT2D eigenvalue weighted by molar-refractivity contribution is 6.31. The zero-order chi connectivity index (χ0) is 13.7. The van der Waals surface area contributed by atoms with Crippen molar-refractivity contribution in [3.8, 4) is 0 Å². The summed E-state index contributed by atoms with van der Waals surface area (Å²) in [6.45, 7) is 1.80. The monoisotopic (exact) mass is 289 g/mol. The Morgan fingerprint density at radius 2 is 2.20 bits per heavy atom. The lowest BCUT2D eigenvalue weighted by molar-refractivity contribution is 0.440. The maximum atomic E-state index is 6.00. The van der Waals surface area contributed by atoms with E-state index in [0.717, 1.165) is 30.1 Å². The van der Waals surface area contributed by atoms with Crippen LogP contribution in [0.1, 0.15) is 0 Å². The molecule has 7 nitrogen and oxygen atoms in total. The fourth-order valence-electron chi connectivity index (χ4n) is 2.43. The number of halogens is 1. The Morgan fingerprint density at radius 1 is 1.35 bits per heavy atom. The number of hydrogen-bond acceptors (Lipinski definition) is 6. The number of hydrogen-bond donors (Lipinski definition) is 1. The molecule has 0 saturated carbocycles. The lowest BCUT2D eigenvalue weighted by Crippen LogP contribution is -2.58. The number of anilines is 1. The molecule has 0 aliphatic carbocycles. The third-order valence-corrected chi connectivity index (χ3v) is 3.80. The van der Waals surface area contributed by atoms with Gasteiger partial charge in [0.15, 0.2) is 11.3 Å². The summed E-state index contributed by atoms with van der Waals surface area (Å²) in [6, 6.07) is 2.31. The minimum Gasteiger partial charge on any atom is -0.337 e. The van der Waals surface area contributed by atoms with E-state index in [1.807, 2.05) is 13.1 Å². The highest BCUT2D eigenvalue weighted by Crippen LogP contribution is 2.25. The first-order valence-corrected chi connectivity index (χ1v) is 6.71. The number of rotatable bonds is 2. The van der Waals surface area contributed by atoms with Crippen LogP contribution >= 0.6 is 11.6 Å². The lowest BCUT2D eigenvalue weighted by atomic mass is 10.1. The molecule has 0 radical (unpaired) electrons. The van der Waals surface area contributed by atoms with E-state index in [2.05, 4.69) is 30.3 Å². The second kappa shape index (κ2) is 4.26. The highest BCUT2D eigenvalue weighted by atomic mass is 35.5. The molecule has 1 fully saturated rings. The number of pyridine rings is 1. The topological polar surface area (TPSA) is 71.2 Å². The van der Waals surface area contributed by atoms with E-state index < -0.39 is 0 Å². The van der Waals surface area contributed by atoms with Crippen molar-refractivity contribution < 1.29 is 0 Å². The Morgan fingerprint density at radius 3 is 3.00 bits per heavy atom. The summed E-state index contributed by atoms with van der Waals surface area (Å²) < 4.78 is 1.74. The fraction of sp³-hybridized carbons (Fsp3) is 0.333. The van der Waals surface area contributed by atoms with Gasteiger partial charge < -0.3 is 10.2 Å². The first-order chi connectivity index (χ1) is 9.76. The standard InChI is InChI=1S/C12H12ClN7/c1-14-8-4-19(5-8)12-18-10-9(2-7(13)3-15-10)11-16-6-17-20(11)12/h2-3,6,8,14H,4-5H2,1H3. The molecule has 0 bridgehead atoms. The van der Waals surface area contributed by atoms with Crippen molar-refractivity contribution in [3.63, 3.8) is 0 Å². The number of nitrogens with zero attached hydrogens (tertiary/aromatic N) is 6. The molecule has 8 heteroatoms. The summed E-state index contributed by atoms with van der Waals surface area (Å²) in [4.78, 5) is 15.3. The molecular weight excluding hydrogens is 278 g/mol. The van der Waals surface area contributed by atoms with E-state index in [4.69, 9.17) is 11.6 Å². The minimum absolute atomic E-state index is 0.490. The van der Waals surface area contributed by atoms with Gasteiger partial charge in [0.25, 0.3) is 0 Å².